The van der Waals surface area contributed by atoms with Crippen LogP contribution in [0.2, 0.25) is 9.36 Å². The smallest absolute Gasteiger partial charge is 0.124 e. The molecule has 0 N–H and O–H groups in total. The van der Waals surface area contributed by atoms with Gasteiger partial charge in [-0.25, -0.2) is 4.98 Å². The predicted molar refractivity (Wildman–Crippen MR) is 85.6 cm³/mol. The highest BCUT2D eigenvalue weighted by Gasteiger charge is 2.11. The standard InChI is InChI=1S/C14H9Cl2NS2/c1-8-2-4-9(5-3-8)14-17-11(7-18-14)12-6-10(15)13(16)19-12/h2-7H,1H3. The summed E-state index contributed by atoms with van der Waals surface area (Å²) in [6, 6.07) is 10.2. The monoisotopic (exact) mass is 325 g/mol. The van der Waals surface area contributed by atoms with Gasteiger partial charge in [0, 0.05) is 10.9 Å². The van der Waals surface area contributed by atoms with Crippen LogP contribution in [0.1, 0.15) is 5.56 Å². The van der Waals surface area contributed by atoms with Crippen LogP contribution in [0.25, 0.3) is 21.1 Å². The second kappa shape index (κ2) is 5.25. The summed E-state index contributed by atoms with van der Waals surface area (Å²) >= 11 is 15.0. The number of hydrogen-bond donors (Lipinski definition) is 0. The minimum atomic E-state index is 0.589. The molecule has 19 heavy (non-hydrogen) atoms. The molecule has 0 bridgehead atoms. The molecule has 0 radical (unpaired) electrons. The molecule has 1 nitrogen and oxygen atoms in total. The molecular formula is C14H9Cl2NS2. The molecule has 0 saturated carbocycles. The minimum absolute atomic E-state index is 0.589. The van der Waals surface area contributed by atoms with Crippen molar-refractivity contribution >= 4 is 45.9 Å². The highest BCUT2D eigenvalue weighted by Crippen LogP contribution is 2.39. The molecule has 2 heterocycles. The minimum Gasteiger partial charge on any atom is -0.235 e. The lowest BCUT2D eigenvalue weighted by molar-refractivity contribution is 1.40. The van der Waals surface area contributed by atoms with Crippen LogP contribution in [0.3, 0.4) is 0 Å². The topological polar surface area (TPSA) is 12.9 Å². The average Bonchev–Trinajstić information content (AvgIpc) is 2.99. The summed E-state index contributed by atoms with van der Waals surface area (Å²) in [5, 5.41) is 3.63. The second-order valence-corrected chi connectivity index (χ2v) is 7.06. The van der Waals surface area contributed by atoms with Crippen LogP contribution in [0.4, 0.5) is 0 Å². The van der Waals surface area contributed by atoms with Gasteiger partial charge in [-0.15, -0.1) is 22.7 Å². The first kappa shape index (κ1) is 13.1. The lowest BCUT2D eigenvalue weighted by atomic mass is 10.2. The van der Waals surface area contributed by atoms with E-state index in [1.165, 1.54) is 16.9 Å². The van der Waals surface area contributed by atoms with Crippen LogP contribution in [0.15, 0.2) is 35.7 Å². The van der Waals surface area contributed by atoms with Crippen molar-refractivity contribution in [1.82, 2.24) is 4.98 Å². The fourth-order valence-corrected chi connectivity index (χ4v) is 3.92. The van der Waals surface area contributed by atoms with E-state index in [1.54, 1.807) is 11.3 Å². The van der Waals surface area contributed by atoms with Gasteiger partial charge in [0.1, 0.15) is 9.34 Å². The molecule has 3 rings (SSSR count). The molecule has 0 aliphatic heterocycles. The van der Waals surface area contributed by atoms with Crippen molar-refractivity contribution in [3.05, 3.63) is 50.6 Å². The number of thiophene rings is 1. The first-order chi connectivity index (χ1) is 9.13. The maximum absolute atomic E-state index is 5.98. The third kappa shape index (κ3) is 2.70. The zero-order valence-corrected chi connectivity index (χ0v) is 13.1. The van der Waals surface area contributed by atoms with E-state index in [1.807, 2.05) is 11.4 Å². The van der Waals surface area contributed by atoms with Gasteiger partial charge in [-0.3, -0.25) is 0 Å². The third-order valence-electron chi connectivity index (χ3n) is 2.70. The number of hydrogen-bond acceptors (Lipinski definition) is 3. The van der Waals surface area contributed by atoms with Gasteiger partial charge in [0.2, 0.25) is 0 Å². The van der Waals surface area contributed by atoms with E-state index in [2.05, 4.69) is 36.2 Å². The Morgan fingerprint density at radius 1 is 1.11 bits per heavy atom. The van der Waals surface area contributed by atoms with E-state index in [-0.39, 0.29) is 0 Å². The molecule has 5 heteroatoms. The zero-order chi connectivity index (χ0) is 13.4. The van der Waals surface area contributed by atoms with Crippen molar-refractivity contribution in [3.8, 4) is 21.1 Å². The van der Waals surface area contributed by atoms with E-state index >= 15 is 0 Å². The summed E-state index contributed by atoms with van der Waals surface area (Å²) in [5.74, 6) is 0. The lowest BCUT2D eigenvalue weighted by Gasteiger charge is -1.96. The van der Waals surface area contributed by atoms with Gasteiger partial charge in [0.25, 0.3) is 0 Å². The van der Waals surface area contributed by atoms with Crippen LogP contribution in [0.5, 0.6) is 0 Å². The number of aromatic nitrogens is 1. The molecule has 0 aliphatic carbocycles. The van der Waals surface area contributed by atoms with Crippen molar-refractivity contribution in [2.24, 2.45) is 0 Å². The number of thiazole rings is 1. The van der Waals surface area contributed by atoms with E-state index < -0.39 is 0 Å². The van der Waals surface area contributed by atoms with Gasteiger partial charge in [-0.1, -0.05) is 53.0 Å². The van der Waals surface area contributed by atoms with Crippen LogP contribution in [-0.2, 0) is 0 Å². The van der Waals surface area contributed by atoms with Crippen molar-refractivity contribution in [1.29, 1.82) is 0 Å². The molecule has 0 saturated heterocycles. The molecular weight excluding hydrogens is 317 g/mol. The Bertz CT molecular complexity index is 694. The number of benzene rings is 1. The van der Waals surface area contributed by atoms with Crippen molar-refractivity contribution in [2.75, 3.05) is 0 Å². The molecule has 0 spiro atoms. The Morgan fingerprint density at radius 2 is 1.84 bits per heavy atom. The molecule has 3 aromatic rings. The molecule has 0 unspecified atom stereocenters. The maximum atomic E-state index is 5.98. The van der Waals surface area contributed by atoms with Gasteiger partial charge in [-0.2, -0.15) is 0 Å². The van der Waals surface area contributed by atoms with Crippen LogP contribution in [-0.4, -0.2) is 4.98 Å². The first-order valence-electron chi connectivity index (χ1n) is 5.61. The summed E-state index contributed by atoms with van der Waals surface area (Å²) in [6.07, 6.45) is 0. The molecule has 0 fully saturated rings. The first-order valence-corrected chi connectivity index (χ1v) is 8.06. The average molecular weight is 326 g/mol. The third-order valence-corrected chi connectivity index (χ3v) is 5.48. The number of nitrogens with zero attached hydrogens (tertiary/aromatic N) is 1. The highest BCUT2D eigenvalue weighted by atomic mass is 35.5. The number of halogens is 2. The fraction of sp³-hybridized carbons (Fsp3) is 0.0714. The quantitative estimate of drug-likeness (QED) is 0.550. The van der Waals surface area contributed by atoms with Crippen molar-refractivity contribution in [2.45, 2.75) is 6.92 Å². The van der Waals surface area contributed by atoms with Crippen LogP contribution in [0, 0.1) is 6.92 Å². The number of aryl methyl sites for hydroxylation is 1. The SMILES string of the molecule is Cc1ccc(-c2nc(-c3cc(Cl)c(Cl)s3)cs2)cc1. The Hall–Kier alpha value is -0.870. The Morgan fingerprint density at radius 3 is 2.47 bits per heavy atom. The predicted octanol–water partition coefficient (Wildman–Crippen LogP) is 6.15. The summed E-state index contributed by atoms with van der Waals surface area (Å²) < 4.78 is 0.613. The van der Waals surface area contributed by atoms with Gasteiger partial charge in [-0.05, 0) is 13.0 Å². The maximum Gasteiger partial charge on any atom is 0.124 e. The van der Waals surface area contributed by atoms with Crippen LogP contribution < -0.4 is 0 Å². The van der Waals surface area contributed by atoms with Gasteiger partial charge < -0.3 is 0 Å². The van der Waals surface area contributed by atoms with E-state index in [0.29, 0.717) is 9.36 Å². The van der Waals surface area contributed by atoms with Crippen LogP contribution >= 0.6 is 45.9 Å². The Labute approximate surface area is 129 Å². The highest BCUT2D eigenvalue weighted by molar-refractivity contribution is 7.20. The van der Waals surface area contributed by atoms with Gasteiger partial charge in [0.15, 0.2) is 0 Å². The van der Waals surface area contributed by atoms with E-state index in [9.17, 15) is 0 Å². The molecule has 0 atom stereocenters. The number of rotatable bonds is 2. The zero-order valence-electron chi connectivity index (χ0n) is 9.98. The molecule has 0 aliphatic rings. The summed E-state index contributed by atoms with van der Waals surface area (Å²) in [4.78, 5) is 5.65. The lowest BCUT2D eigenvalue weighted by Crippen LogP contribution is -1.78. The summed E-state index contributed by atoms with van der Waals surface area (Å²) in [5.41, 5.74) is 3.31. The molecule has 0 amide bonds. The summed E-state index contributed by atoms with van der Waals surface area (Å²) in [6.45, 7) is 2.08. The normalized spacial score (nSPS) is 10.9. The van der Waals surface area contributed by atoms with Gasteiger partial charge >= 0.3 is 0 Å². The Balaban J connectivity index is 1.97. The van der Waals surface area contributed by atoms with Gasteiger partial charge in [0.05, 0.1) is 15.6 Å². The molecule has 1 aromatic carbocycles. The Kier molecular flexibility index (Phi) is 3.63. The largest absolute Gasteiger partial charge is 0.235 e. The summed E-state index contributed by atoms with van der Waals surface area (Å²) in [7, 11) is 0. The molecule has 2 aromatic heterocycles. The fourth-order valence-electron chi connectivity index (χ4n) is 1.69. The molecule has 96 valence electrons. The second-order valence-electron chi connectivity index (χ2n) is 4.14. The van der Waals surface area contributed by atoms with Crippen molar-refractivity contribution in [3.63, 3.8) is 0 Å². The van der Waals surface area contributed by atoms with Crippen molar-refractivity contribution < 1.29 is 0 Å². The van der Waals surface area contributed by atoms with E-state index in [0.717, 1.165) is 21.1 Å². The van der Waals surface area contributed by atoms with E-state index in [4.69, 9.17) is 23.2 Å².